The molecule has 2 aliphatic rings. The molecule has 2 aliphatic heterocycles. The second-order valence-corrected chi connectivity index (χ2v) is 10.2. The van der Waals surface area contributed by atoms with Crippen LogP contribution in [-0.2, 0) is 24.5 Å². The van der Waals surface area contributed by atoms with Crippen molar-refractivity contribution < 1.29 is 27.8 Å². The maximum atomic E-state index is 14.0. The number of esters is 1. The van der Waals surface area contributed by atoms with Crippen molar-refractivity contribution in [2.75, 3.05) is 39.9 Å². The summed E-state index contributed by atoms with van der Waals surface area (Å²) in [6.07, 6.45) is 2.02. The Labute approximate surface area is 211 Å². The molecule has 2 saturated heterocycles. The van der Waals surface area contributed by atoms with Gasteiger partial charge < -0.3 is 19.3 Å². The predicted octanol–water partition coefficient (Wildman–Crippen LogP) is 4.24. The van der Waals surface area contributed by atoms with Crippen LogP contribution in [0.5, 0.6) is 0 Å². The molecule has 0 saturated carbocycles. The van der Waals surface area contributed by atoms with E-state index < -0.39 is 28.7 Å². The molecule has 2 fully saturated rings. The van der Waals surface area contributed by atoms with E-state index in [0.29, 0.717) is 31.4 Å². The van der Waals surface area contributed by atoms with Crippen molar-refractivity contribution in [1.82, 2.24) is 9.80 Å². The van der Waals surface area contributed by atoms with Crippen LogP contribution in [0.4, 0.5) is 8.78 Å². The van der Waals surface area contributed by atoms with Gasteiger partial charge in [0, 0.05) is 6.54 Å². The molecule has 0 bridgehead atoms. The molecule has 2 heterocycles. The minimum atomic E-state index is -0.943. The zero-order valence-electron chi connectivity index (χ0n) is 21.1. The van der Waals surface area contributed by atoms with E-state index in [4.69, 9.17) is 9.47 Å². The zero-order valence-corrected chi connectivity index (χ0v) is 21.1. The van der Waals surface area contributed by atoms with Gasteiger partial charge >= 0.3 is 5.97 Å². The van der Waals surface area contributed by atoms with Crippen molar-refractivity contribution in [3.8, 4) is 0 Å². The number of piperidine rings is 1. The van der Waals surface area contributed by atoms with Gasteiger partial charge in [0.2, 0.25) is 5.91 Å². The van der Waals surface area contributed by atoms with Crippen molar-refractivity contribution in [2.24, 2.45) is 0 Å². The summed E-state index contributed by atoms with van der Waals surface area (Å²) >= 11 is 0. The van der Waals surface area contributed by atoms with Crippen LogP contribution in [0.3, 0.4) is 0 Å². The second kappa shape index (κ2) is 10.6. The van der Waals surface area contributed by atoms with Crippen LogP contribution >= 0.6 is 0 Å². The van der Waals surface area contributed by atoms with Crippen LogP contribution in [0.1, 0.15) is 50.3 Å². The number of amides is 1. The molecule has 4 rings (SSSR count). The molecule has 2 aromatic carbocycles. The summed E-state index contributed by atoms with van der Waals surface area (Å²) in [6, 6.07) is 13.0. The average molecular weight is 501 g/mol. The Bertz CT molecular complexity index is 1080. The third-order valence-electron chi connectivity index (χ3n) is 7.60. The minimum Gasteiger partial charge on any atom is -0.468 e. The molecular weight excluding hydrogens is 466 g/mol. The van der Waals surface area contributed by atoms with Gasteiger partial charge in [-0.3, -0.25) is 9.59 Å². The molecule has 1 unspecified atom stereocenters. The van der Waals surface area contributed by atoms with Gasteiger partial charge in [0.05, 0.1) is 24.2 Å². The highest BCUT2D eigenvalue weighted by Crippen LogP contribution is 2.39. The van der Waals surface area contributed by atoms with Crippen molar-refractivity contribution in [2.45, 2.75) is 50.2 Å². The highest BCUT2D eigenvalue weighted by atomic mass is 19.2. The van der Waals surface area contributed by atoms with Crippen LogP contribution in [0.2, 0.25) is 0 Å². The lowest BCUT2D eigenvalue weighted by molar-refractivity contribution is -0.173. The number of ether oxygens (including phenoxy) is 2. The normalized spacial score (nSPS) is 21.9. The maximum Gasteiger partial charge on any atom is 0.316 e. The van der Waals surface area contributed by atoms with Crippen molar-refractivity contribution in [1.29, 1.82) is 0 Å². The first kappa shape index (κ1) is 26.2. The number of benzene rings is 2. The first-order valence-electron chi connectivity index (χ1n) is 12.4. The summed E-state index contributed by atoms with van der Waals surface area (Å²) in [6.45, 7) is 6.36. The summed E-state index contributed by atoms with van der Waals surface area (Å²) < 4.78 is 38.5. The molecule has 194 valence electrons. The van der Waals surface area contributed by atoms with E-state index in [1.165, 1.54) is 13.2 Å². The Morgan fingerprint density at radius 2 is 1.75 bits per heavy atom. The van der Waals surface area contributed by atoms with Gasteiger partial charge in [-0.15, -0.1) is 0 Å². The van der Waals surface area contributed by atoms with E-state index >= 15 is 0 Å². The van der Waals surface area contributed by atoms with E-state index in [2.05, 4.69) is 4.90 Å². The van der Waals surface area contributed by atoms with Gasteiger partial charge in [-0.1, -0.05) is 36.4 Å². The molecule has 0 spiro atoms. The first-order valence-corrected chi connectivity index (χ1v) is 12.4. The Morgan fingerprint density at radius 1 is 1.06 bits per heavy atom. The van der Waals surface area contributed by atoms with Gasteiger partial charge in [0.1, 0.15) is 6.61 Å². The first-order chi connectivity index (χ1) is 17.2. The fourth-order valence-corrected chi connectivity index (χ4v) is 5.63. The van der Waals surface area contributed by atoms with Crippen LogP contribution in [0.25, 0.3) is 0 Å². The lowest BCUT2D eigenvalue weighted by atomic mass is 9.72. The average Bonchev–Trinajstić information content (AvgIpc) is 2.88. The highest BCUT2D eigenvalue weighted by Gasteiger charge is 2.45. The topological polar surface area (TPSA) is 59.1 Å². The van der Waals surface area contributed by atoms with Crippen molar-refractivity contribution in [3.63, 3.8) is 0 Å². The third kappa shape index (κ3) is 5.15. The maximum absolute atomic E-state index is 14.0. The summed E-state index contributed by atoms with van der Waals surface area (Å²) in [5.74, 6) is -2.24. The van der Waals surface area contributed by atoms with E-state index in [9.17, 15) is 18.4 Å². The number of nitrogens with zero attached hydrogens (tertiary/aromatic N) is 2. The molecule has 2 aromatic rings. The Balaban J connectivity index is 1.41. The second-order valence-electron chi connectivity index (χ2n) is 10.2. The molecule has 0 radical (unpaired) electrons. The fourth-order valence-electron chi connectivity index (χ4n) is 5.63. The molecule has 1 amide bonds. The minimum absolute atomic E-state index is 0.0460. The summed E-state index contributed by atoms with van der Waals surface area (Å²) in [4.78, 5) is 29.6. The number of morpholine rings is 1. The standard InChI is InChI=1S/C28H34F2N2O4/c1-27(2)25(20-10-11-22(29)23(30)18-20)32(24(33)19-36-27)15-7-14-31-16-12-28(13-17-31,26(34)35-3)21-8-5-4-6-9-21/h4-6,8-11,18,25H,7,12-17,19H2,1-3H3. The van der Waals surface area contributed by atoms with Crippen LogP contribution in [0.15, 0.2) is 48.5 Å². The number of carbonyl (C=O) groups is 2. The molecule has 6 nitrogen and oxygen atoms in total. The van der Waals surface area contributed by atoms with Crippen molar-refractivity contribution >= 4 is 11.9 Å². The van der Waals surface area contributed by atoms with Crippen LogP contribution in [-0.4, -0.2) is 67.2 Å². The van der Waals surface area contributed by atoms with Crippen molar-refractivity contribution in [3.05, 3.63) is 71.3 Å². The van der Waals surface area contributed by atoms with Gasteiger partial charge in [-0.25, -0.2) is 8.78 Å². The smallest absolute Gasteiger partial charge is 0.316 e. The molecular formula is C28H34F2N2O4. The molecule has 0 aromatic heterocycles. The van der Waals surface area contributed by atoms with E-state index in [0.717, 1.165) is 37.3 Å². The number of likely N-dealkylation sites (tertiary alicyclic amines) is 1. The molecule has 8 heteroatoms. The number of hydrogen-bond acceptors (Lipinski definition) is 5. The number of hydrogen-bond donors (Lipinski definition) is 0. The largest absolute Gasteiger partial charge is 0.468 e. The number of carbonyl (C=O) groups excluding carboxylic acids is 2. The quantitative estimate of drug-likeness (QED) is 0.533. The third-order valence-corrected chi connectivity index (χ3v) is 7.60. The van der Waals surface area contributed by atoms with Gasteiger partial charge in [-0.05, 0) is 76.0 Å². The molecule has 0 aliphatic carbocycles. The number of methoxy groups -OCH3 is 1. The molecule has 1 atom stereocenters. The number of halogens is 2. The van der Waals surface area contributed by atoms with Crippen LogP contribution in [0, 0.1) is 11.6 Å². The lowest BCUT2D eigenvalue weighted by Gasteiger charge is -2.46. The zero-order chi connectivity index (χ0) is 25.9. The Kier molecular flexibility index (Phi) is 7.76. The number of rotatable bonds is 7. The Hall–Kier alpha value is -2.84. The lowest BCUT2D eigenvalue weighted by Crippen LogP contribution is -2.54. The van der Waals surface area contributed by atoms with E-state index in [1.807, 2.05) is 44.2 Å². The Morgan fingerprint density at radius 3 is 2.39 bits per heavy atom. The highest BCUT2D eigenvalue weighted by molar-refractivity contribution is 5.83. The monoisotopic (exact) mass is 500 g/mol. The molecule has 0 N–H and O–H groups in total. The summed E-state index contributed by atoms with van der Waals surface area (Å²) in [5.41, 5.74) is 0.0933. The summed E-state index contributed by atoms with van der Waals surface area (Å²) in [5, 5.41) is 0. The summed E-state index contributed by atoms with van der Waals surface area (Å²) in [7, 11) is 1.43. The van der Waals surface area contributed by atoms with E-state index in [-0.39, 0.29) is 18.5 Å². The SMILES string of the molecule is COC(=O)C1(c2ccccc2)CCN(CCCN2C(=O)COC(C)(C)C2c2ccc(F)c(F)c2)CC1. The van der Waals surface area contributed by atoms with Gasteiger partial charge in [0.25, 0.3) is 0 Å². The van der Waals surface area contributed by atoms with Gasteiger partial charge in [-0.2, -0.15) is 0 Å². The predicted molar refractivity (Wildman–Crippen MR) is 131 cm³/mol. The van der Waals surface area contributed by atoms with Crippen LogP contribution < -0.4 is 0 Å². The van der Waals surface area contributed by atoms with Gasteiger partial charge in [0.15, 0.2) is 11.6 Å². The molecule has 36 heavy (non-hydrogen) atoms. The fraction of sp³-hybridized carbons (Fsp3) is 0.500. The van der Waals surface area contributed by atoms with E-state index in [1.54, 1.807) is 4.90 Å².